The van der Waals surface area contributed by atoms with Gasteiger partial charge in [0, 0.05) is 29.6 Å². The van der Waals surface area contributed by atoms with E-state index in [4.69, 9.17) is 4.74 Å². The SMILES string of the molecule is CCCC(C)NC(=O)C1N(CCCO)C(=O)[C@@H]2[C@@H](C(=O)Nc3ccc(OCC)cc3)[C@@]3(C)CCC12S3. The van der Waals surface area contributed by atoms with Gasteiger partial charge in [0.1, 0.15) is 11.8 Å². The molecular weight excluding hydrogens is 478 g/mol. The van der Waals surface area contributed by atoms with Crippen molar-refractivity contribution in [1.82, 2.24) is 10.2 Å². The number of hydrogen-bond donors (Lipinski definition) is 3. The molecule has 3 aliphatic rings. The number of carbonyl (C=O) groups excluding carboxylic acids is 3. The van der Waals surface area contributed by atoms with Gasteiger partial charge in [0.2, 0.25) is 17.7 Å². The van der Waals surface area contributed by atoms with Gasteiger partial charge in [-0.3, -0.25) is 14.4 Å². The number of benzene rings is 1. The molecule has 3 saturated heterocycles. The largest absolute Gasteiger partial charge is 0.494 e. The molecule has 6 atom stereocenters. The van der Waals surface area contributed by atoms with Crippen molar-refractivity contribution >= 4 is 35.2 Å². The number of nitrogens with zero attached hydrogens (tertiary/aromatic N) is 1. The predicted molar refractivity (Wildman–Crippen MR) is 141 cm³/mol. The second kappa shape index (κ2) is 10.6. The Balaban J connectivity index is 1.62. The van der Waals surface area contributed by atoms with Gasteiger partial charge in [0.25, 0.3) is 0 Å². The van der Waals surface area contributed by atoms with Crippen LogP contribution in [0.25, 0.3) is 0 Å². The molecule has 198 valence electrons. The summed E-state index contributed by atoms with van der Waals surface area (Å²) in [5, 5.41) is 15.6. The van der Waals surface area contributed by atoms with E-state index < -0.39 is 27.4 Å². The third kappa shape index (κ3) is 4.60. The second-order valence-electron chi connectivity index (χ2n) is 10.5. The Morgan fingerprint density at radius 1 is 1.22 bits per heavy atom. The van der Waals surface area contributed by atoms with E-state index in [0.29, 0.717) is 31.7 Å². The highest BCUT2D eigenvalue weighted by molar-refractivity contribution is 8.02. The zero-order valence-electron chi connectivity index (χ0n) is 21.7. The van der Waals surface area contributed by atoms with Crippen molar-refractivity contribution in [3.8, 4) is 5.75 Å². The Morgan fingerprint density at radius 2 is 1.94 bits per heavy atom. The summed E-state index contributed by atoms with van der Waals surface area (Å²) in [5.41, 5.74) is 0.652. The molecule has 9 heteroatoms. The maximum Gasteiger partial charge on any atom is 0.244 e. The van der Waals surface area contributed by atoms with E-state index in [9.17, 15) is 19.5 Å². The number of amides is 3. The van der Waals surface area contributed by atoms with Gasteiger partial charge in [-0.25, -0.2) is 0 Å². The lowest BCUT2D eigenvalue weighted by Crippen LogP contribution is -2.55. The number of ether oxygens (including phenoxy) is 1. The fourth-order valence-electron chi connectivity index (χ4n) is 6.46. The van der Waals surface area contributed by atoms with Crippen LogP contribution in [0.15, 0.2) is 24.3 Å². The molecule has 3 N–H and O–H groups in total. The summed E-state index contributed by atoms with van der Waals surface area (Å²) in [6.45, 7) is 8.85. The van der Waals surface area contributed by atoms with Gasteiger partial charge in [0.05, 0.1) is 23.2 Å². The number of rotatable bonds is 11. The normalized spacial score (nSPS) is 31.3. The van der Waals surface area contributed by atoms with Crippen molar-refractivity contribution in [3.05, 3.63) is 24.3 Å². The van der Waals surface area contributed by atoms with Crippen LogP contribution >= 0.6 is 11.8 Å². The summed E-state index contributed by atoms with van der Waals surface area (Å²) in [5.74, 6) is -0.855. The van der Waals surface area contributed by atoms with E-state index in [-0.39, 0.29) is 30.4 Å². The molecule has 3 amide bonds. The van der Waals surface area contributed by atoms with Crippen LogP contribution in [-0.4, -0.2) is 69.1 Å². The Morgan fingerprint density at radius 3 is 2.58 bits per heavy atom. The topological polar surface area (TPSA) is 108 Å². The molecule has 3 unspecified atom stereocenters. The lowest BCUT2D eigenvalue weighted by atomic mass is 9.66. The summed E-state index contributed by atoms with van der Waals surface area (Å²) in [4.78, 5) is 42.9. The van der Waals surface area contributed by atoms with Crippen molar-refractivity contribution in [2.75, 3.05) is 25.1 Å². The van der Waals surface area contributed by atoms with Gasteiger partial charge in [-0.05, 0) is 70.7 Å². The molecule has 0 aromatic heterocycles. The molecule has 3 aliphatic heterocycles. The van der Waals surface area contributed by atoms with Crippen LogP contribution in [0.5, 0.6) is 5.75 Å². The molecule has 36 heavy (non-hydrogen) atoms. The lowest BCUT2D eigenvalue weighted by molar-refractivity contribution is -0.139. The van der Waals surface area contributed by atoms with Gasteiger partial charge in [-0.2, -0.15) is 0 Å². The minimum Gasteiger partial charge on any atom is -0.494 e. The van der Waals surface area contributed by atoms with E-state index in [1.54, 1.807) is 28.8 Å². The first-order valence-corrected chi connectivity index (χ1v) is 14.0. The van der Waals surface area contributed by atoms with Gasteiger partial charge < -0.3 is 25.4 Å². The molecule has 0 aliphatic carbocycles. The number of nitrogens with one attached hydrogen (secondary N) is 2. The Labute approximate surface area is 217 Å². The number of likely N-dealkylation sites (tertiary alicyclic amines) is 1. The third-order valence-electron chi connectivity index (χ3n) is 7.91. The number of fused-ring (bicyclic) bond motifs is 1. The van der Waals surface area contributed by atoms with Crippen molar-refractivity contribution in [3.63, 3.8) is 0 Å². The molecule has 1 aromatic carbocycles. The maximum absolute atomic E-state index is 13.9. The van der Waals surface area contributed by atoms with Gasteiger partial charge in [-0.15, -0.1) is 11.8 Å². The molecule has 0 radical (unpaired) electrons. The fourth-order valence-corrected chi connectivity index (χ4v) is 8.81. The Bertz CT molecular complexity index is 988. The molecule has 3 heterocycles. The van der Waals surface area contributed by atoms with Crippen LogP contribution in [-0.2, 0) is 14.4 Å². The summed E-state index contributed by atoms with van der Waals surface area (Å²) < 4.78 is 4.43. The number of carbonyl (C=O) groups is 3. The molecule has 2 bridgehead atoms. The van der Waals surface area contributed by atoms with Gasteiger partial charge >= 0.3 is 0 Å². The number of hydrogen-bond acceptors (Lipinski definition) is 6. The molecule has 4 rings (SSSR count). The van der Waals surface area contributed by atoms with E-state index in [2.05, 4.69) is 24.5 Å². The van der Waals surface area contributed by atoms with Crippen LogP contribution in [0.3, 0.4) is 0 Å². The summed E-state index contributed by atoms with van der Waals surface area (Å²) in [7, 11) is 0. The van der Waals surface area contributed by atoms with Crippen molar-refractivity contribution < 1.29 is 24.2 Å². The van der Waals surface area contributed by atoms with E-state index in [0.717, 1.165) is 25.0 Å². The van der Waals surface area contributed by atoms with E-state index >= 15 is 0 Å². The number of thioether (sulfide) groups is 1. The highest BCUT2D eigenvalue weighted by Gasteiger charge is 2.77. The zero-order valence-corrected chi connectivity index (χ0v) is 22.5. The first-order valence-electron chi connectivity index (χ1n) is 13.2. The van der Waals surface area contributed by atoms with E-state index in [1.807, 2.05) is 26.0 Å². The minimum atomic E-state index is -0.643. The Kier molecular flexibility index (Phi) is 7.90. The summed E-state index contributed by atoms with van der Waals surface area (Å²) in [6, 6.07) is 6.59. The average Bonchev–Trinajstić information content (AvgIpc) is 3.40. The molecule has 8 nitrogen and oxygen atoms in total. The molecule has 1 spiro atoms. The maximum atomic E-state index is 13.9. The number of anilines is 1. The smallest absolute Gasteiger partial charge is 0.244 e. The van der Waals surface area contributed by atoms with Gasteiger partial charge in [0.15, 0.2) is 0 Å². The molecular formula is C27H39N3O5S. The fraction of sp³-hybridized carbons (Fsp3) is 0.667. The standard InChI is InChI=1S/C27H39N3O5S/c1-5-8-17(3)28-24(33)22-27-14-13-26(4,36-27)20(21(27)25(34)30(22)15-7-16-31)23(32)29-18-9-11-19(12-10-18)35-6-2/h9-12,17,20-22,31H,5-8,13-16H2,1-4H3,(H,28,33)(H,29,32)/t17?,20-,21-,22?,26+,27?/m0/s1. The summed E-state index contributed by atoms with van der Waals surface area (Å²) in [6.07, 6.45) is 3.69. The highest BCUT2D eigenvalue weighted by atomic mass is 32.2. The first kappa shape index (κ1) is 26.8. The quantitative estimate of drug-likeness (QED) is 0.416. The highest BCUT2D eigenvalue weighted by Crippen LogP contribution is 2.71. The molecule has 3 fully saturated rings. The molecule has 0 saturated carbocycles. The average molecular weight is 518 g/mol. The van der Waals surface area contributed by atoms with Crippen molar-refractivity contribution in [2.45, 2.75) is 81.4 Å². The second-order valence-corrected chi connectivity index (χ2v) is 12.4. The van der Waals surface area contributed by atoms with E-state index in [1.165, 1.54) is 0 Å². The monoisotopic (exact) mass is 517 g/mol. The van der Waals surface area contributed by atoms with Crippen LogP contribution in [0, 0.1) is 11.8 Å². The van der Waals surface area contributed by atoms with Crippen molar-refractivity contribution in [2.24, 2.45) is 11.8 Å². The van der Waals surface area contributed by atoms with Gasteiger partial charge in [-0.1, -0.05) is 13.3 Å². The van der Waals surface area contributed by atoms with Crippen LogP contribution in [0.1, 0.15) is 59.8 Å². The Hall–Kier alpha value is -2.26. The summed E-state index contributed by atoms with van der Waals surface area (Å²) >= 11 is 1.66. The minimum absolute atomic E-state index is 0.00527. The van der Waals surface area contributed by atoms with Crippen LogP contribution in [0.2, 0.25) is 0 Å². The first-order chi connectivity index (χ1) is 17.2. The molecule has 1 aromatic rings. The predicted octanol–water partition coefficient (Wildman–Crippen LogP) is 3.19. The number of aliphatic hydroxyl groups excluding tert-OH is 1. The zero-order chi connectivity index (χ0) is 26.1. The van der Waals surface area contributed by atoms with Crippen molar-refractivity contribution in [1.29, 1.82) is 0 Å². The third-order valence-corrected chi connectivity index (χ3v) is 9.89. The van der Waals surface area contributed by atoms with Crippen LogP contribution in [0.4, 0.5) is 5.69 Å². The lowest BCUT2D eigenvalue weighted by Gasteiger charge is -2.35. The van der Waals surface area contributed by atoms with Crippen LogP contribution < -0.4 is 15.4 Å². The number of aliphatic hydroxyl groups is 1.